The smallest absolute Gasteiger partial charge is 0.326 e. The minimum atomic E-state index is -1.38. The third-order valence-corrected chi connectivity index (χ3v) is 6.53. The zero-order chi connectivity index (χ0) is 34.1. The van der Waals surface area contributed by atoms with Crippen molar-refractivity contribution < 1.29 is 48.6 Å². The first-order valence-electron chi connectivity index (χ1n) is 14.4. The zero-order valence-corrected chi connectivity index (χ0v) is 25.2. The summed E-state index contributed by atoms with van der Waals surface area (Å²) < 4.78 is 0. The second-order valence-corrected chi connectivity index (χ2v) is 10.3. The maximum Gasteiger partial charge on any atom is 0.326 e. The Bertz CT molecular complexity index is 1440. The highest BCUT2D eigenvalue weighted by molar-refractivity contribution is 5.98. The van der Waals surface area contributed by atoms with Crippen molar-refractivity contribution in [3.8, 4) is 0 Å². The van der Waals surface area contributed by atoms with E-state index in [0.717, 1.165) is 5.56 Å². The molecule has 46 heavy (non-hydrogen) atoms. The number of carboxylic acids is 2. The van der Waals surface area contributed by atoms with Gasteiger partial charge in [-0.25, -0.2) is 4.79 Å². The van der Waals surface area contributed by atoms with Gasteiger partial charge < -0.3 is 36.8 Å². The van der Waals surface area contributed by atoms with E-state index in [0.29, 0.717) is 31.2 Å². The molecule has 0 aliphatic heterocycles. The van der Waals surface area contributed by atoms with Crippen LogP contribution in [0.25, 0.3) is 0 Å². The molecule has 0 aliphatic rings. The summed E-state index contributed by atoms with van der Waals surface area (Å²) in [7, 11) is 0. The number of aryl methyl sites for hydroxylation is 1. The van der Waals surface area contributed by atoms with E-state index in [-0.39, 0.29) is 29.9 Å². The van der Waals surface area contributed by atoms with Gasteiger partial charge in [-0.1, -0.05) is 29.8 Å². The van der Waals surface area contributed by atoms with E-state index in [1.54, 1.807) is 18.2 Å². The molecule has 15 heteroatoms. The van der Waals surface area contributed by atoms with Crippen LogP contribution in [0.4, 0.5) is 0 Å². The molecule has 2 aromatic carbocycles. The zero-order valence-electron chi connectivity index (χ0n) is 25.2. The molecule has 2 rings (SSSR count). The molecule has 246 valence electrons. The van der Waals surface area contributed by atoms with E-state index >= 15 is 0 Å². The molecular formula is C31H37N5O10. The lowest BCUT2D eigenvalue weighted by Gasteiger charge is -2.19. The fourth-order valence-corrected chi connectivity index (χ4v) is 4.15. The van der Waals surface area contributed by atoms with Crippen LogP contribution in [-0.4, -0.2) is 89.7 Å². The molecule has 2 unspecified atom stereocenters. The SMILES string of the molecule is Cc1cccc(C(=O)NCCCCC(NC(=O)CNC(=O)C(CCC(=O)O)NC(=O)CNC(=O)c2cccc(C=O)c2)C(=O)O)c1. The van der Waals surface area contributed by atoms with Crippen LogP contribution < -0.4 is 26.6 Å². The van der Waals surface area contributed by atoms with Crippen molar-refractivity contribution in [1.29, 1.82) is 0 Å². The minimum Gasteiger partial charge on any atom is -0.481 e. The van der Waals surface area contributed by atoms with E-state index in [2.05, 4.69) is 26.6 Å². The van der Waals surface area contributed by atoms with E-state index < -0.39 is 67.2 Å². The Morgan fingerprint density at radius 2 is 1.35 bits per heavy atom. The highest BCUT2D eigenvalue weighted by atomic mass is 16.4. The van der Waals surface area contributed by atoms with Gasteiger partial charge in [0.1, 0.15) is 18.4 Å². The van der Waals surface area contributed by atoms with Crippen molar-refractivity contribution in [1.82, 2.24) is 26.6 Å². The Morgan fingerprint density at radius 3 is 1.98 bits per heavy atom. The van der Waals surface area contributed by atoms with Crippen molar-refractivity contribution in [2.24, 2.45) is 0 Å². The molecule has 0 fully saturated rings. The highest BCUT2D eigenvalue weighted by Crippen LogP contribution is 2.06. The number of carbonyl (C=O) groups excluding carboxylic acids is 6. The first-order valence-corrected chi connectivity index (χ1v) is 14.4. The topological polar surface area (TPSA) is 237 Å². The summed E-state index contributed by atoms with van der Waals surface area (Å²) in [4.78, 5) is 95.6. The standard InChI is InChI=1S/C31H37N5O10/c1-19-6-4-8-21(14-19)28(42)32-13-3-2-10-24(31(45)46)36-26(39)17-34-30(44)23(11-12-27(40)41)35-25(38)16-33-29(43)22-9-5-7-20(15-22)18-37/h4-9,14-15,18,23-24H,2-3,10-13,16-17H2,1H3,(H,32,42)(H,33,43)(H,34,44)(H,35,38)(H,36,39)(H,40,41)(H,45,46). The maximum atomic E-state index is 12.7. The number of carboxylic acid groups (broad SMARTS) is 2. The van der Waals surface area contributed by atoms with Crippen LogP contribution in [0.3, 0.4) is 0 Å². The molecule has 0 saturated heterocycles. The minimum absolute atomic E-state index is 0.0534. The molecule has 0 heterocycles. The molecule has 0 saturated carbocycles. The van der Waals surface area contributed by atoms with Crippen molar-refractivity contribution >= 4 is 47.8 Å². The molecule has 15 nitrogen and oxygen atoms in total. The normalized spacial score (nSPS) is 11.7. The van der Waals surface area contributed by atoms with Crippen LogP contribution in [0, 0.1) is 6.92 Å². The van der Waals surface area contributed by atoms with E-state index in [1.807, 2.05) is 13.0 Å². The molecule has 2 atom stereocenters. The number of hydrogen-bond donors (Lipinski definition) is 7. The third kappa shape index (κ3) is 13.4. The average molecular weight is 640 g/mol. The lowest BCUT2D eigenvalue weighted by Crippen LogP contribution is -2.52. The number of carbonyl (C=O) groups is 8. The van der Waals surface area contributed by atoms with Gasteiger partial charge in [-0.2, -0.15) is 0 Å². The summed E-state index contributed by atoms with van der Waals surface area (Å²) in [5.74, 6) is -6.01. The van der Waals surface area contributed by atoms with Crippen LogP contribution in [0.15, 0.2) is 48.5 Å². The first kappa shape index (κ1) is 36.6. The molecule has 2 aromatic rings. The number of unbranched alkanes of at least 4 members (excludes halogenated alkanes) is 1. The molecule has 0 spiro atoms. The van der Waals surface area contributed by atoms with E-state index in [4.69, 9.17) is 5.11 Å². The summed E-state index contributed by atoms with van der Waals surface area (Å²) in [6, 6.07) is 10.1. The highest BCUT2D eigenvalue weighted by Gasteiger charge is 2.24. The van der Waals surface area contributed by atoms with Crippen LogP contribution >= 0.6 is 0 Å². The molecule has 0 aliphatic carbocycles. The van der Waals surface area contributed by atoms with Crippen molar-refractivity contribution in [2.75, 3.05) is 19.6 Å². The number of hydrogen-bond acceptors (Lipinski definition) is 8. The van der Waals surface area contributed by atoms with Gasteiger partial charge in [0.2, 0.25) is 17.7 Å². The van der Waals surface area contributed by atoms with E-state index in [9.17, 15) is 43.5 Å². The maximum absolute atomic E-state index is 12.7. The van der Waals surface area contributed by atoms with Crippen molar-refractivity contribution in [2.45, 2.75) is 51.1 Å². The third-order valence-electron chi connectivity index (χ3n) is 6.53. The second-order valence-electron chi connectivity index (χ2n) is 10.3. The Morgan fingerprint density at radius 1 is 0.739 bits per heavy atom. The Hall–Kier alpha value is -5.60. The van der Waals surface area contributed by atoms with Gasteiger partial charge in [-0.15, -0.1) is 0 Å². The second kappa shape index (κ2) is 18.9. The number of aldehydes is 1. The molecule has 5 amide bonds. The first-order chi connectivity index (χ1) is 21.9. The monoisotopic (exact) mass is 639 g/mol. The summed E-state index contributed by atoms with van der Waals surface area (Å²) in [5, 5.41) is 30.4. The molecule has 7 N–H and O–H groups in total. The van der Waals surface area contributed by atoms with Crippen molar-refractivity contribution in [3.63, 3.8) is 0 Å². The summed E-state index contributed by atoms with van der Waals surface area (Å²) in [6.07, 6.45) is 0.585. The number of aliphatic carboxylic acids is 2. The number of nitrogens with one attached hydrogen (secondary N) is 5. The fraction of sp³-hybridized carbons (Fsp3) is 0.355. The predicted molar refractivity (Wildman–Crippen MR) is 163 cm³/mol. The predicted octanol–water partition coefficient (Wildman–Crippen LogP) is 0.173. The van der Waals surface area contributed by atoms with Gasteiger partial charge >= 0.3 is 11.9 Å². The Kier molecular flexibility index (Phi) is 15.1. The number of rotatable bonds is 19. The van der Waals surface area contributed by atoms with Crippen LogP contribution in [0.2, 0.25) is 0 Å². The van der Waals surface area contributed by atoms with Gasteiger partial charge in [0.25, 0.3) is 11.8 Å². The quantitative estimate of drug-likeness (QED) is 0.0812. The van der Waals surface area contributed by atoms with Gasteiger partial charge in [-0.3, -0.25) is 33.6 Å². The van der Waals surface area contributed by atoms with Gasteiger partial charge in [0, 0.05) is 29.7 Å². The molecular weight excluding hydrogens is 602 g/mol. The van der Waals surface area contributed by atoms with Gasteiger partial charge in [0.15, 0.2) is 0 Å². The van der Waals surface area contributed by atoms with Gasteiger partial charge in [-0.05, 0) is 56.9 Å². The summed E-state index contributed by atoms with van der Waals surface area (Å²) >= 11 is 0. The van der Waals surface area contributed by atoms with Gasteiger partial charge in [0.05, 0.1) is 13.1 Å². The fourth-order valence-electron chi connectivity index (χ4n) is 4.15. The lowest BCUT2D eigenvalue weighted by molar-refractivity contribution is -0.142. The van der Waals surface area contributed by atoms with Crippen LogP contribution in [-0.2, 0) is 24.0 Å². The van der Waals surface area contributed by atoms with E-state index in [1.165, 1.54) is 24.3 Å². The van der Waals surface area contributed by atoms with Crippen LogP contribution in [0.5, 0.6) is 0 Å². The largest absolute Gasteiger partial charge is 0.481 e. The molecule has 0 aromatic heterocycles. The lowest BCUT2D eigenvalue weighted by atomic mass is 10.1. The van der Waals surface area contributed by atoms with Crippen molar-refractivity contribution in [3.05, 3.63) is 70.8 Å². The number of benzene rings is 2. The number of amides is 5. The summed E-state index contributed by atoms with van der Waals surface area (Å²) in [5.41, 5.74) is 1.81. The Labute approximate surface area is 264 Å². The average Bonchev–Trinajstić information content (AvgIpc) is 3.03. The Balaban J connectivity index is 1.81. The molecule has 0 radical (unpaired) electrons. The molecule has 0 bridgehead atoms. The summed E-state index contributed by atoms with van der Waals surface area (Å²) in [6.45, 7) is 0.933. The van der Waals surface area contributed by atoms with Crippen LogP contribution in [0.1, 0.15) is 68.7 Å².